The topological polar surface area (TPSA) is 75.7 Å². The highest BCUT2D eigenvalue weighted by molar-refractivity contribution is 7.89. The smallest absolute Gasteiger partial charge is 0.254 e. The normalized spacial score (nSPS) is 15.5. The molecule has 1 saturated heterocycles. The Morgan fingerprint density at radius 3 is 2.48 bits per heavy atom. The fraction of sp³-hybridized carbons (Fsp3) is 0.357. The maximum absolute atomic E-state index is 12.2. The highest BCUT2D eigenvalue weighted by Crippen LogP contribution is 2.13. The Hall–Kier alpha value is -1.88. The Morgan fingerprint density at radius 2 is 1.90 bits per heavy atom. The molecule has 6 nitrogen and oxygen atoms in total. The number of hydrogen-bond acceptors (Lipinski definition) is 4. The van der Waals surface area contributed by atoms with Crippen LogP contribution in [0, 0.1) is 12.3 Å². The number of nitrogens with one attached hydrogen (secondary N) is 1. The van der Waals surface area contributed by atoms with Gasteiger partial charge in [0.1, 0.15) is 0 Å². The number of carbonyl (C=O) groups excluding carboxylic acids is 1. The molecule has 7 heteroatoms. The second kappa shape index (κ2) is 6.72. The molecular formula is C14H16N2O4S. The highest BCUT2D eigenvalue weighted by Gasteiger charge is 2.19. The summed E-state index contributed by atoms with van der Waals surface area (Å²) in [4.78, 5) is 14.0. The zero-order chi connectivity index (χ0) is 15.3. The molecule has 1 aliphatic rings. The first kappa shape index (κ1) is 15.5. The SMILES string of the molecule is C#CCNS(=O)(=O)c1ccc(C(=O)N2CCOCC2)cc1. The molecule has 1 fully saturated rings. The number of ether oxygens (including phenoxy) is 1. The lowest BCUT2D eigenvalue weighted by Crippen LogP contribution is -2.40. The lowest BCUT2D eigenvalue weighted by atomic mass is 10.2. The molecule has 0 saturated carbocycles. The molecule has 21 heavy (non-hydrogen) atoms. The van der Waals surface area contributed by atoms with Crippen LogP contribution in [0.15, 0.2) is 29.2 Å². The molecule has 0 radical (unpaired) electrons. The summed E-state index contributed by atoms with van der Waals surface area (Å²) in [6.45, 7) is 2.06. The zero-order valence-corrected chi connectivity index (χ0v) is 12.2. The van der Waals surface area contributed by atoms with Crippen LogP contribution in [-0.4, -0.2) is 52.1 Å². The number of nitrogens with zero attached hydrogens (tertiary/aromatic N) is 1. The van der Waals surface area contributed by atoms with Crippen LogP contribution < -0.4 is 4.72 Å². The molecule has 112 valence electrons. The standard InChI is InChI=1S/C14H16N2O4S/c1-2-7-15-21(18,19)13-5-3-12(4-6-13)14(17)16-8-10-20-11-9-16/h1,3-6,15H,7-11H2. The van der Waals surface area contributed by atoms with Crippen molar-refractivity contribution in [2.75, 3.05) is 32.8 Å². The van der Waals surface area contributed by atoms with Crippen molar-refractivity contribution in [2.45, 2.75) is 4.90 Å². The zero-order valence-electron chi connectivity index (χ0n) is 11.4. The van der Waals surface area contributed by atoms with E-state index < -0.39 is 10.0 Å². The Kier molecular flexibility index (Phi) is 4.96. The summed E-state index contributed by atoms with van der Waals surface area (Å²) >= 11 is 0. The van der Waals surface area contributed by atoms with Crippen molar-refractivity contribution < 1.29 is 17.9 Å². The van der Waals surface area contributed by atoms with Crippen molar-refractivity contribution >= 4 is 15.9 Å². The van der Waals surface area contributed by atoms with E-state index in [1.165, 1.54) is 24.3 Å². The first-order valence-electron chi connectivity index (χ1n) is 6.45. The molecule has 0 unspecified atom stereocenters. The molecular weight excluding hydrogens is 292 g/mol. The molecule has 0 aromatic heterocycles. The summed E-state index contributed by atoms with van der Waals surface area (Å²) in [6, 6.07) is 5.80. The summed E-state index contributed by atoms with van der Waals surface area (Å²) in [5, 5.41) is 0. The average molecular weight is 308 g/mol. The molecule has 1 N–H and O–H groups in total. The molecule has 1 aromatic carbocycles. The number of morpholine rings is 1. The third kappa shape index (κ3) is 3.82. The second-order valence-corrected chi connectivity index (χ2v) is 6.22. The van der Waals surface area contributed by atoms with Crippen LogP contribution in [0.1, 0.15) is 10.4 Å². The molecule has 1 aliphatic heterocycles. The Bertz CT molecular complexity index is 641. The monoisotopic (exact) mass is 308 g/mol. The predicted molar refractivity (Wildman–Crippen MR) is 77.2 cm³/mol. The van der Waals surface area contributed by atoms with Gasteiger partial charge >= 0.3 is 0 Å². The molecule has 0 spiro atoms. The van der Waals surface area contributed by atoms with Crippen LogP contribution in [0.25, 0.3) is 0 Å². The van der Waals surface area contributed by atoms with E-state index in [1.807, 2.05) is 0 Å². The molecule has 0 atom stereocenters. The van der Waals surface area contributed by atoms with Gasteiger partial charge in [-0.05, 0) is 24.3 Å². The van der Waals surface area contributed by atoms with Gasteiger partial charge in [-0.15, -0.1) is 6.42 Å². The summed E-state index contributed by atoms with van der Waals surface area (Å²) in [7, 11) is -3.63. The van der Waals surface area contributed by atoms with Crippen LogP contribution in [0.3, 0.4) is 0 Å². The fourth-order valence-corrected chi connectivity index (χ4v) is 2.88. The third-order valence-electron chi connectivity index (χ3n) is 3.07. The highest BCUT2D eigenvalue weighted by atomic mass is 32.2. The van der Waals surface area contributed by atoms with Gasteiger partial charge in [-0.1, -0.05) is 5.92 Å². The molecule has 1 aromatic rings. The van der Waals surface area contributed by atoms with E-state index in [1.54, 1.807) is 4.90 Å². The van der Waals surface area contributed by atoms with Gasteiger partial charge in [0, 0.05) is 18.7 Å². The lowest BCUT2D eigenvalue weighted by molar-refractivity contribution is 0.0303. The largest absolute Gasteiger partial charge is 0.378 e. The van der Waals surface area contributed by atoms with Crippen molar-refractivity contribution in [2.24, 2.45) is 0 Å². The van der Waals surface area contributed by atoms with Crippen LogP contribution in [0.4, 0.5) is 0 Å². The van der Waals surface area contributed by atoms with Crippen LogP contribution in [0.5, 0.6) is 0 Å². The van der Waals surface area contributed by atoms with Crippen molar-refractivity contribution in [1.82, 2.24) is 9.62 Å². The van der Waals surface area contributed by atoms with E-state index >= 15 is 0 Å². The van der Waals surface area contributed by atoms with Gasteiger partial charge in [0.25, 0.3) is 5.91 Å². The van der Waals surface area contributed by atoms with Crippen LogP contribution >= 0.6 is 0 Å². The Balaban J connectivity index is 2.11. The number of sulfonamides is 1. The number of rotatable bonds is 4. The maximum Gasteiger partial charge on any atom is 0.254 e. The molecule has 0 bridgehead atoms. The second-order valence-electron chi connectivity index (χ2n) is 4.46. The van der Waals surface area contributed by atoms with E-state index in [2.05, 4.69) is 10.6 Å². The summed E-state index contributed by atoms with van der Waals surface area (Å²) in [5.41, 5.74) is 0.452. The molecule has 1 amide bonds. The van der Waals surface area contributed by atoms with Crippen molar-refractivity contribution in [3.8, 4) is 12.3 Å². The fourth-order valence-electron chi connectivity index (χ4n) is 1.95. The molecule has 1 heterocycles. The predicted octanol–water partition coefficient (Wildman–Crippen LogP) is 0.0705. The summed E-state index contributed by atoms with van der Waals surface area (Å²) in [5.74, 6) is 2.08. The van der Waals surface area contributed by atoms with Crippen LogP contribution in [-0.2, 0) is 14.8 Å². The van der Waals surface area contributed by atoms with Gasteiger partial charge in [-0.25, -0.2) is 8.42 Å². The Labute approximate surface area is 124 Å². The van der Waals surface area contributed by atoms with Gasteiger partial charge < -0.3 is 9.64 Å². The first-order chi connectivity index (χ1) is 10.0. The quantitative estimate of drug-likeness (QED) is 0.799. The minimum Gasteiger partial charge on any atom is -0.378 e. The van der Waals surface area contributed by atoms with E-state index in [-0.39, 0.29) is 17.3 Å². The maximum atomic E-state index is 12.2. The van der Waals surface area contributed by atoms with E-state index in [9.17, 15) is 13.2 Å². The molecule has 0 aliphatic carbocycles. The average Bonchev–Trinajstić information content (AvgIpc) is 2.53. The van der Waals surface area contributed by atoms with E-state index in [4.69, 9.17) is 11.2 Å². The van der Waals surface area contributed by atoms with E-state index in [0.29, 0.717) is 31.9 Å². The van der Waals surface area contributed by atoms with Crippen LogP contribution in [0.2, 0.25) is 0 Å². The number of hydrogen-bond donors (Lipinski definition) is 1. The number of benzene rings is 1. The lowest BCUT2D eigenvalue weighted by Gasteiger charge is -2.26. The number of amides is 1. The minimum absolute atomic E-state index is 0.0726. The number of carbonyl (C=O) groups is 1. The number of terminal acetylenes is 1. The first-order valence-corrected chi connectivity index (χ1v) is 7.93. The third-order valence-corrected chi connectivity index (χ3v) is 4.49. The van der Waals surface area contributed by atoms with Gasteiger partial charge in [-0.3, -0.25) is 4.79 Å². The van der Waals surface area contributed by atoms with Gasteiger partial charge in [-0.2, -0.15) is 4.72 Å². The van der Waals surface area contributed by atoms with Crippen molar-refractivity contribution in [1.29, 1.82) is 0 Å². The van der Waals surface area contributed by atoms with Gasteiger partial charge in [0.05, 0.1) is 24.7 Å². The van der Waals surface area contributed by atoms with E-state index in [0.717, 1.165) is 0 Å². The summed E-state index contributed by atoms with van der Waals surface area (Å²) < 4.78 is 31.2. The minimum atomic E-state index is -3.63. The summed E-state index contributed by atoms with van der Waals surface area (Å²) in [6.07, 6.45) is 5.02. The van der Waals surface area contributed by atoms with Gasteiger partial charge in [0.15, 0.2) is 0 Å². The van der Waals surface area contributed by atoms with Crippen molar-refractivity contribution in [3.05, 3.63) is 29.8 Å². The van der Waals surface area contributed by atoms with Crippen molar-refractivity contribution in [3.63, 3.8) is 0 Å². The van der Waals surface area contributed by atoms with Gasteiger partial charge in [0.2, 0.25) is 10.0 Å². The molecule has 2 rings (SSSR count). The Morgan fingerprint density at radius 1 is 1.29 bits per heavy atom.